The van der Waals surface area contributed by atoms with E-state index in [-0.39, 0.29) is 17.8 Å². The van der Waals surface area contributed by atoms with E-state index in [0.717, 1.165) is 16.0 Å². The molecule has 1 unspecified atom stereocenters. The zero-order valence-electron chi connectivity index (χ0n) is 15.9. The fourth-order valence-electron chi connectivity index (χ4n) is 3.25. The zero-order valence-corrected chi connectivity index (χ0v) is 16.7. The van der Waals surface area contributed by atoms with E-state index in [1.165, 1.54) is 17.4 Å². The molecule has 1 atom stereocenters. The number of fused-ring (bicyclic) bond motifs is 1. The molecule has 2 aromatic carbocycles. The van der Waals surface area contributed by atoms with Gasteiger partial charge in [0.15, 0.2) is 0 Å². The van der Waals surface area contributed by atoms with E-state index in [0.29, 0.717) is 22.4 Å². The first-order chi connectivity index (χ1) is 12.9. The van der Waals surface area contributed by atoms with Gasteiger partial charge in [-0.3, -0.25) is 4.79 Å². The number of benzene rings is 2. The second-order valence-corrected chi connectivity index (χ2v) is 7.65. The zero-order chi connectivity index (χ0) is 19.6. The summed E-state index contributed by atoms with van der Waals surface area (Å²) in [6.45, 7) is 2.21. The lowest BCUT2D eigenvalue weighted by Gasteiger charge is -2.26. The smallest absolute Gasteiger partial charge is 0.261 e. The predicted molar refractivity (Wildman–Crippen MR) is 108 cm³/mol. The Morgan fingerprint density at radius 3 is 2.63 bits per heavy atom. The topological polar surface area (TPSA) is 41.6 Å². The first-order valence-electron chi connectivity index (χ1n) is 8.69. The highest BCUT2D eigenvalue weighted by atomic mass is 32.1. The van der Waals surface area contributed by atoms with E-state index in [9.17, 15) is 9.18 Å². The van der Waals surface area contributed by atoms with Crippen LogP contribution in [-0.2, 0) is 0 Å². The molecule has 6 heteroatoms. The van der Waals surface area contributed by atoms with Crippen molar-refractivity contribution in [3.63, 3.8) is 0 Å². The van der Waals surface area contributed by atoms with Crippen LogP contribution in [0.4, 0.5) is 4.39 Å². The molecule has 3 rings (SSSR count). The minimum atomic E-state index is -0.291. The van der Waals surface area contributed by atoms with Crippen molar-refractivity contribution in [2.75, 3.05) is 27.7 Å². The summed E-state index contributed by atoms with van der Waals surface area (Å²) in [5, 5.41) is 3.53. The van der Waals surface area contributed by atoms with Crippen molar-refractivity contribution in [1.29, 1.82) is 0 Å². The summed E-state index contributed by atoms with van der Waals surface area (Å²) >= 11 is 1.32. The number of rotatable bonds is 6. The molecule has 1 heterocycles. The van der Waals surface area contributed by atoms with E-state index in [1.807, 2.05) is 49.3 Å². The molecule has 1 N–H and O–H groups in total. The lowest BCUT2D eigenvalue weighted by molar-refractivity contribution is 0.0945. The number of hydrogen-bond donors (Lipinski definition) is 1. The second-order valence-electron chi connectivity index (χ2n) is 6.60. The molecule has 0 saturated carbocycles. The molecule has 0 bridgehead atoms. The number of likely N-dealkylation sites (N-methyl/N-ethyl adjacent to an activating group) is 1. The van der Waals surface area contributed by atoms with E-state index in [4.69, 9.17) is 4.74 Å². The molecule has 0 radical (unpaired) electrons. The largest absolute Gasteiger partial charge is 0.496 e. The quantitative estimate of drug-likeness (QED) is 0.683. The number of amides is 1. The van der Waals surface area contributed by atoms with Gasteiger partial charge >= 0.3 is 0 Å². The van der Waals surface area contributed by atoms with E-state index in [2.05, 4.69) is 5.32 Å². The fourth-order valence-corrected chi connectivity index (χ4v) is 4.39. The highest BCUT2D eigenvalue weighted by Crippen LogP contribution is 2.33. The van der Waals surface area contributed by atoms with Gasteiger partial charge < -0.3 is 15.0 Å². The number of aryl methyl sites for hydroxylation is 1. The molecule has 0 saturated heterocycles. The Morgan fingerprint density at radius 2 is 1.96 bits per heavy atom. The van der Waals surface area contributed by atoms with Gasteiger partial charge in [-0.25, -0.2) is 4.39 Å². The lowest BCUT2D eigenvalue weighted by atomic mass is 10.0. The maximum absolute atomic E-state index is 14.1. The number of ether oxygens (including phenoxy) is 1. The average molecular weight is 386 g/mol. The van der Waals surface area contributed by atoms with Gasteiger partial charge in [0.1, 0.15) is 11.6 Å². The molecule has 142 valence electrons. The number of halogens is 1. The van der Waals surface area contributed by atoms with Crippen LogP contribution >= 0.6 is 11.3 Å². The van der Waals surface area contributed by atoms with Gasteiger partial charge in [-0.2, -0.15) is 0 Å². The number of nitrogens with one attached hydrogen (secondary N) is 1. The molecule has 0 spiro atoms. The number of carbonyl (C=O) groups excluding carboxylic acids is 1. The van der Waals surface area contributed by atoms with Crippen molar-refractivity contribution in [2.24, 2.45) is 0 Å². The van der Waals surface area contributed by atoms with Crippen LogP contribution in [0.1, 0.15) is 26.8 Å². The van der Waals surface area contributed by atoms with Gasteiger partial charge in [0, 0.05) is 22.2 Å². The highest BCUT2D eigenvalue weighted by molar-refractivity contribution is 7.21. The Morgan fingerprint density at radius 1 is 1.22 bits per heavy atom. The second kappa shape index (κ2) is 8.06. The molecule has 27 heavy (non-hydrogen) atoms. The Hall–Kier alpha value is -2.44. The van der Waals surface area contributed by atoms with Crippen LogP contribution in [-0.4, -0.2) is 38.6 Å². The van der Waals surface area contributed by atoms with Gasteiger partial charge in [0.2, 0.25) is 0 Å². The third kappa shape index (κ3) is 3.82. The summed E-state index contributed by atoms with van der Waals surface area (Å²) in [7, 11) is 5.56. The van der Waals surface area contributed by atoms with Crippen LogP contribution in [0.25, 0.3) is 10.1 Å². The van der Waals surface area contributed by atoms with E-state index < -0.39 is 0 Å². The van der Waals surface area contributed by atoms with Crippen LogP contribution in [0.5, 0.6) is 5.75 Å². The summed E-state index contributed by atoms with van der Waals surface area (Å²) in [5.41, 5.74) is 1.69. The highest BCUT2D eigenvalue weighted by Gasteiger charge is 2.22. The van der Waals surface area contributed by atoms with Crippen LogP contribution in [0.3, 0.4) is 0 Å². The van der Waals surface area contributed by atoms with Crippen molar-refractivity contribution < 1.29 is 13.9 Å². The fraction of sp³-hybridized carbons (Fsp3) is 0.286. The van der Waals surface area contributed by atoms with Crippen molar-refractivity contribution >= 4 is 27.3 Å². The molecule has 0 fully saturated rings. The van der Waals surface area contributed by atoms with Gasteiger partial charge in [-0.15, -0.1) is 11.3 Å². The van der Waals surface area contributed by atoms with Crippen molar-refractivity contribution in [1.82, 2.24) is 10.2 Å². The summed E-state index contributed by atoms with van der Waals surface area (Å²) in [4.78, 5) is 15.4. The van der Waals surface area contributed by atoms with Crippen molar-refractivity contribution in [3.8, 4) is 5.75 Å². The number of carbonyl (C=O) groups is 1. The molecule has 4 nitrogen and oxygen atoms in total. The van der Waals surface area contributed by atoms with Gasteiger partial charge in [0.05, 0.1) is 18.0 Å². The van der Waals surface area contributed by atoms with Gasteiger partial charge in [-0.05, 0) is 44.8 Å². The monoisotopic (exact) mass is 386 g/mol. The number of methoxy groups -OCH3 is 1. The molecule has 1 aromatic heterocycles. The maximum Gasteiger partial charge on any atom is 0.261 e. The summed E-state index contributed by atoms with van der Waals surface area (Å²) in [6, 6.07) is 12.7. The number of para-hydroxylation sites is 1. The summed E-state index contributed by atoms with van der Waals surface area (Å²) in [5.74, 6) is 0.306. The average Bonchev–Trinajstić information content (AvgIpc) is 3.00. The van der Waals surface area contributed by atoms with Gasteiger partial charge in [-0.1, -0.05) is 24.3 Å². The number of nitrogens with zero attached hydrogens (tertiary/aromatic N) is 1. The van der Waals surface area contributed by atoms with Crippen molar-refractivity contribution in [2.45, 2.75) is 13.0 Å². The van der Waals surface area contributed by atoms with Crippen LogP contribution in [0.2, 0.25) is 0 Å². The van der Waals surface area contributed by atoms with E-state index in [1.54, 1.807) is 20.1 Å². The molecular formula is C21H23FN2O2S. The molecule has 0 aliphatic rings. The normalized spacial score (nSPS) is 12.4. The molecular weight excluding hydrogens is 363 g/mol. The first kappa shape index (κ1) is 19.3. The Balaban J connectivity index is 1.83. The predicted octanol–water partition coefficient (Wildman–Crippen LogP) is 4.39. The molecule has 1 amide bonds. The Labute approximate surface area is 162 Å². The van der Waals surface area contributed by atoms with E-state index >= 15 is 0 Å². The molecule has 0 aliphatic heterocycles. The van der Waals surface area contributed by atoms with Crippen LogP contribution in [0, 0.1) is 12.7 Å². The third-order valence-electron chi connectivity index (χ3n) is 4.69. The number of thiophene rings is 1. The SMILES string of the molecule is COc1ccccc1C(CNC(=O)c1sc2cccc(F)c2c1C)N(C)C. The summed E-state index contributed by atoms with van der Waals surface area (Å²) in [6.07, 6.45) is 0. The van der Waals surface area contributed by atoms with Crippen molar-refractivity contribution in [3.05, 3.63) is 64.3 Å². The molecule has 0 aliphatic carbocycles. The lowest BCUT2D eigenvalue weighted by Crippen LogP contribution is -2.34. The van der Waals surface area contributed by atoms with Crippen LogP contribution in [0.15, 0.2) is 42.5 Å². The molecule has 3 aromatic rings. The summed E-state index contributed by atoms with van der Waals surface area (Å²) < 4.78 is 20.3. The third-order valence-corrected chi connectivity index (χ3v) is 5.94. The maximum atomic E-state index is 14.1. The Kier molecular flexibility index (Phi) is 5.77. The Bertz CT molecular complexity index is 968. The number of hydrogen-bond acceptors (Lipinski definition) is 4. The minimum Gasteiger partial charge on any atom is -0.496 e. The minimum absolute atomic E-state index is 0.0449. The van der Waals surface area contributed by atoms with Gasteiger partial charge in [0.25, 0.3) is 5.91 Å². The standard InChI is InChI=1S/C21H23FN2O2S/c1-13-19-15(22)9-7-11-18(19)27-20(13)21(25)23-12-16(24(2)3)14-8-5-6-10-17(14)26-4/h5-11,16H,12H2,1-4H3,(H,23,25). The van der Waals surface area contributed by atoms with Crippen LogP contribution < -0.4 is 10.1 Å². The first-order valence-corrected chi connectivity index (χ1v) is 9.50.